The van der Waals surface area contributed by atoms with E-state index in [0.717, 1.165) is 11.1 Å². The Kier molecular flexibility index (Phi) is 5.03. The fourth-order valence-corrected chi connectivity index (χ4v) is 3.89. The number of likely N-dealkylation sites (tertiary alicyclic amines) is 2. The van der Waals surface area contributed by atoms with Crippen molar-refractivity contribution < 1.29 is 19.5 Å². The van der Waals surface area contributed by atoms with Gasteiger partial charge in [0.05, 0.1) is 5.41 Å². The highest BCUT2D eigenvalue weighted by molar-refractivity contribution is 5.91. The molecule has 0 saturated carbocycles. The van der Waals surface area contributed by atoms with Crippen molar-refractivity contribution in [2.45, 2.75) is 52.1 Å². The molecule has 2 amide bonds. The highest BCUT2D eigenvalue weighted by Gasteiger charge is 2.43. The molecule has 0 aliphatic carbocycles. The molecule has 6 heteroatoms. The van der Waals surface area contributed by atoms with Gasteiger partial charge in [0.15, 0.2) is 0 Å². The molecule has 26 heavy (non-hydrogen) atoms. The average Bonchev–Trinajstić information content (AvgIpc) is 2.97. The molecule has 0 bridgehead atoms. The number of hydrogen-bond acceptors (Lipinski definition) is 3. The molecule has 1 aromatic rings. The summed E-state index contributed by atoms with van der Waals surface area (Å²) in [4.78, 5) is 40.2. The molecule has 0 radical (unpaired) electrons. The second-order valence-electron chi connectivity index (χ2n) is 7.79. The maximum atomic E-state index is 13.1. The van der Waals surface area contributed by atoms with Crippen LogP contribution in [0.2, 0.25) is 0 Å². The molecule has 2 unspecified atom stereocenters. The van der Waals surface area contributed by atoms with Gasteiger partial charge in [-0.1, -0.05) is 29.8 Å². The van der Waals surface area contributed by atoms with Crippen molar-refractivity contribution in [3.63, 3.8) is 0 Å². The van der Waals surface area contributed by atoms with E-state index in [9.17, 15) is 19.5 Å². The number of benzene rings is 1. The van der Waals surface area contributed by atoms with Crippen molar-refractivity contribution in [2.75, 3.05) is 13.1 Å². The molecule has 1 aromatic carbocycles. The van der Waals surface area contributed by atoms with Crippen LogP contribution in [0.4, 0.5) is 0 Å². The minimum absolute atomic E-state index is 0.0121. The van der Waals surface area contributed by atoms with Gasteiger partial charge in [-0.15, -0.1) is 0 Å². The van der Waals surface area contributed by atoms with Crippen LogP contribution < -0.4 is 0 Å². The van der Waals surface area contributed by atoms with E-state index in [2.05, 4.69) is 0 Å². The van der Waals surface area contributed by atoms with Crippen LogP contribution in [0.1, 0.15) is 43.7 Å². The molecule has 6 nitrogen and oxygen atoms in total. The van der Waals surface area contributed by atoms with Crippen molar-refractivity contribution in [3.8, 4) is 0 Å². The quantitative estimate of drug-likeness (QED) is 0.895. The highest BCUT2D eigenvalue weighted by Crippen LogP contribution is 2.32. The van der Waals surface area contributed by atoms with Crippen molar-refractivity contribution in [1.82, 2.24) is 9.80 Å². The molecule has 3 rings (SSSR count). The van der Waals surface area contributed by atoms with Crippen LogP contribution in [0.25, 0.3) is 0 Å². The maximum absolute atomic E-state index is 13.1. The zero-order valence-electron chi connectivity index (χ0n) is 15.4. The van der Waals surface area contributed by atoms with E-state index in [-0.39, 0.29) is 18.4 Å². The molecule has 140 valence electrons. The zero-order valence-corrected chi connectivity index (χ0v) is 15.4. The molecule has 2 atom stereocenters. The topological polar surface area (TPSA) is 77.9 Å². The Balaban J connectivity index is 1.74. The normalized spacial score (nSPS) is 26.2. The molecule has 0 spiro atoms. The maximum Gasteiger partial charge on any atom is 0.311 e. The lowest BCUT2D eigenvalue weighted by atomic mass is 9.82. The van der Waals surface area contributed by atoms with Gasteiger partial charge < -0.3 is 14.9 Å². The summed E-state index contributed by atoms with van der Waals surface area (Å²) in [6.07, 6.45) is 2.12. The van der Waals surface area contributed by atoms with Gasteiger partial charge in [-0.25, -0.2) is 0 Å². The van der Waals surface area contributed by atoms with Crippen LogP contribution in [-0.4, -0.2) is 51.8 Å². The molecule has 0 aromatic heterocycles. The van der Waals surface area contributed by atoms with Gasteiger partial charge in [-0.3, -0.25) is 14.4 Å². The number of carboxylic acids is 1. The standard InChI is InChI=1S/C20H26N2O4/c1-14-4-6-15(7-5-14)12-22-16(8-9-17(22)23)18(24)21-11-3-10-20(2,13-21)19(25)26/h4-7,16H,3,8-13H2,1-2H3,(H,25,26). The molecular formula is C20H26N2O4. The molecular weight excluding hydrogens is 332 g/mol. The van der Waals surface area contributed by atoms with Gasteiger partial charge in [0.1, 0.15) is 6.04 Å². The Morgan fingerprint density at radius 3 is 2.62 bits per heavy atom. The van der Waals surface area contributed by atoms with Gasteiger partial charge >= 0.3 is 5.97 Å². The number of amides is 2. The zero-order chi connectivity index (χ0) is 18.9. The Morgan fingerprint density at radius 2 is 1.96 bits per heavy atom. The summed E-state index contributed by atoms with van der Waals surface area (Å²) < 4.78 is 0. The van der Waals surface area contributed by atoms with Crippen LogP contribution in [0, 0.1) is 12.3 Å². The first-order valence-corrected chi connectivity index (χ1v) is 9.17. The first kappa shape index (κ1) is 18.4. The summed E-state index contributed by atoms with van der Waals surface area (Å²) in [5.41, 5.74) is 1.24. The number of piperidine rings is 1. The van der Waals surface area contributed by atoms with Crippen LogP contribution >= 0.6 is 0 Å². The van der Waals surface area contributed by atoms with Gasteiger partial charge in [0, 0.05) is 26.1 Å². The first-order chi connectivity index (χ1) is 12.3. The smallest absolute Gasteiger partial charge is 0.311 e. The summed E-state index contributed by atoms with van der Waals surface area (Å²) in [7, 11) is 0. The number of aryl methyl sites for hydroxylation is 1. The summed E-state index contributed by atoms with van der Waals surface area (Å²) in [5, 5.41) is 9.47. The van der Waals surface area contributed by atoms with Crippen LogP contribution in [-0.2, 0) is 20.9 Å². The number of carboxylic acid groups (broad SMARTS) is 1. The molecule has 2 fully saturated rings. The number of hydrogen-bond donors (Lipinski definition) is 1. The number of nitrogens with zero attached hydrogens (tertiary/aromatic N) is 2. The summed E-state index contributed by atoms with van der Waals surface area (Å²) in [6.45, 7) is 4.89. The van der Waals surface area contributed by atoms with Crippen molar-refractivity contribution in [1.29, 1.82) is 0 Å². The first-order valence-electron chi connectivity index (χ1n) is 9.17. The van der Waals surface area contributed by atoms with E-state index < -0.39 is 17.4 Å². The largest absolute Gasteiger partial charge is 0.481 e. The predicted molar refractivity (Wildman–Crippen MR) is 96.3 cm³/mol. The van der Waals surface area contributed by atoms with Gasteiger partial charge in [0.2, 0.25) is 11.8 Å². The lowest BCUT2D eigenvalue weighted by Gasteiger charge is -2.39. The third-order valence-electron chi connectivity index (χ3n) is 5.61. The number of carbonyl (C=O) groups is 3. The minimum Gasteiger partial charge on any atom is -0.481 e. The molecule has 2 aliphatic heterocycles. The van der Waals surface area contributed by atoms with E-state index in [0.29, 0.717) is 38.8 Å². The highest BCUT2D eigenvalue weighted by atomic mass is 16.4. The van der Waals surface area contributed by atoms with Gasteiger partial charge in [-0.05, 0) is 38.7 Å². The Morgan fingerprint density at radius 1 is 1.27 bits per heavy atom. The number of aliphatic carboxylic acids is 1. The Labute approximate surface area is 153 Å². The molecule has 1 N–H and O–H groups in total. The second-order valence-corrected chi connectivity index (χ2v) is 7.79. The fraction of sp³-hybridized carbons (Fsp3) is 0.550. The average molecular weight is 358 g/mol. The third kappa shape index (κ3) is 3.59. The van der Waals surface area contributed by atoms with E-state index in [4.69, 9.17) is 0 Å². The van der Waals surface area contributed by atoms with E-state index in [1.807, 2.05) is 31.2 Å². The minimum atomic E-state index is -0.904. The number of rotatable bonds is 4. The second kappa shape index (κ2) is 7.09. The van der Waals surface area contributed by atoms with E-state index in [1.54, 1.807) is 16.7 Å². The fourth-order valence-electron chi connectivity index (χ4n) is 3.89. The SMILES string of the molecule is Cc1ccc(CN2C(=O)CCC2C(=O)N2CCCC(C)(C(=O)O)C2)cc1. The summed E-state index contributed by atoms with van der Waals surface area (Å²) in [5.74, 6) is -0.994. The lowest BCUT2D eigenvalue weighted by Crippen LogP contribution is -2.53. The summed E-state index contributed by atoms with van der Waals surface area (Å²) >= 11 is 0. The molecule has 2 aliphatic rings. The van der Waals surface area contributed by atoms with Gasteiger partial charge in [0.25, 0.3) is 0 Å². The van der Waals surface area contributed by atoms with E-state index >= 15 is 0 Å². The van der Waals surface area contributed by atoms with Crippen LogP contribution in [0.5, 0.6) is 0 Å². The Hall–Kier alpha value is -2.37. The van der Waals surface area contributed by atoms with Crippen LogP contribution in [0.15, 0.2) is 24.3 Å². The monoisotopic (exact) mass is 358 g/mol. The molecule has 2 heterocycles. The third-order valence-corrected chi connectivity index (χ3v) is 5.61. The molecule has 2 saturated heterocycles. The Bertz CT molecular complexity index is 715. The predicted octanol–water partition coefficient (Wildman–Crippen LogP) is 2.20. The number of carbonyl (C=O) groups excluding carboxylic acids is 2. The van der Waals surface area contributed by atoms with Crippen LogP contribution in [0.3, 0.4) is 0 Å². The van der Waals surface area contributed by atoms with Gasteiger partial charge in [-0.2, -0.15) is 0 Å². The van der Waals surface area contributed by atoms with Crippen molar-refractivity contribution in [2.24, 2.45) is 5.41 Å². The van der Waals surface area contributed by atoms with E-state index in [1.165, 1.54) is 0 Å². The lowest BCUT2D eigenvalue weighted by molar-refractivity contribution is -0.155. The van der Waals surface area contributed by atoms with Crippen molar-refractivity contribution in [3.05, 3.63) is 35.4 Å². The van der Waals surface area contributed by atoms with Crippen molar-refractivity contribution >= 4 is 17.8 Å². The summed E-state index contributed by atoms with van der Waals surface area (Å²) in [6, 6.07) is 7.46.